The highest BCUT2D eigenvalue weighted by atomic mass is 35.5. The molecule has 0 fully saturated rings. The summed E-state index contributed by atoms with van der Waals surface area (Å²) in [7, 11) is 0. The van der Waals surface area contributed by atoms with Crippen molar-refractivity contribution in [3.63, 3.8) is 0 Å². The molecular formula is C17H13Cl2N3O2S. The third-order valence-electron chi connectivity index (χ3n) is 3.19. The van der Waals surface area contributed by atoms with Gasteiger partial charge in [-0.25, -0.2) is 0 Å². The van der Waals surface area contributed by atoms with Crippen molar-refractivity contribution in [3.05, 3.63) is 70.0 Å². The summed E-state index contributed by atoms with van der Waals surface area (Å²) in [5.74, 6) is 0.431. The third-order valence-corrected chi connectivity index (χ3v) is 4.59. The van der Waals surface area contributed by atoms with Crippen LogP contribution >= 0.6 is 35.0 Å². The van der Waals surface area contributed by atoms with Gasteiger partial charge in [0.2, 0.25) is 11.8 Å². The van der Waals surface area contributed by atoms with Crippen LogP contribution in [0.25, 0.3) is 0 Å². The number of carbonyl (C=O) groups is 1. The van der Waals surface area contributed by atoms with E-state index in [1.165, 1.54) is 11.8 Å². The maximum Gasteiger partial charge on any atom is 0.277 e. The second kappa shape index (κ2) is 8.38. The van der Waals surface area contributed by atoms with Crippen molar-refractivity contribution in [2.75, 3.05) is 11.1 Å². The van der Waals surface area contributed by atoms with Crippen molar-refractivity contribution in [1.82, 2.24) is 10.2 Å². The summed E-state index contributed by atoms with van der Waals surface area (Å²) in [6.45, 7) is 0. The number of halogens is 2. The minimum atomic E-state index is -0.199. The van der Waals surface area contributed by atoms with Crippen molar-refractivity contribution in [2.24, 2.45) is 0 Å². The molecule has 8 heteroatoms. The lowest BCUT2D eigenvalue weighted by Crippen LogP contribution is -2.14. The second-order valence-electron chi connectivity index (χ2n) is 5.08. The van der Waals surface area contributed by atoms with Gasteiger partial charge in [0, 0.05) is 5.02 Å². The van der Waals surface area contributed by atoms with E-state index in [1.54, 1.807) is 24.3 Å². The topological polar surface area (TPSA) is 68.0 Å². The molecule has 128 valence electrons. The number of hydrogen-bond donors (Lipinski definition) is 1. The molecule has 0 aliphatic rings. The molecule has 0 unspecified atom stereocenters. The Balaban J connectivity index is 1.52. The van der Waals surface area contributed by atoms with E-state index in [-0.39, 0.29) is 11.7 Å². The average Bonchev–Trinajstić information content (AvgIpc) is 3.05. The van der Waals surface area contributed by atoms with Crippen molar-refractivity contribution in [2.45, 2.75) is 11.6 Å². The van der Waals surface area contributed by atoms with Gasteiger partial charge in [0.1, 0.15) is 0 Å². The third kappa shape index (κ3) is 5.22. The van der Waals surface area contributed by atoms with Crippen LogP contribution in [-0.4, -0.2) is 21.9 Å². The molecule has 0 saturated heterocycles. The first-order valence-corrected chi connectivity index (χ1v) is 9.08. The molecule has 1 N–H and O–H groups in total. The first-order chi connectivity index (χ1) is 12.1. The average molecular weight is 394 g/mol. The lowest BCUT2D eigenvalue weighted by atomic mass is 10.1. The molecule has 0 spiro atoms. The number of aromatic nitrogens is 2. The van der Waals surface area contributed by atoms with Crippen molar-refractivity contribution in [1.29, 1.82) is 0 Å². The fourth-order valence-electron chi connectivity index (χ4n) is 2.02. The number of amides is 1. The van der Waals surface area contributed by atoms with Gasteiger partial charge in [-0.15, -0.1) is 10.2 Å². The minimum absolute atomic E-state index is 0.147. The summed E-state index contributed by atoms with van der Waals surface area (Å²) in [6.07, 6.45) is 0.510. The maximum atomic E-state index is 12.0. The molecule has 0 bridgehead atoms. The molecule has 5 nitrogen and oxygen atoms in total. The van der Waals surface area contributed by atoms with Crippen LogP contribution in [0.15, 0.2) is 58.2 Å². The van der Waals surface area contributed by atoms with Gasteiger partial charge >= 0.3 is 0 Å². The van der Waals surface area contributed by atoms with Crippen LogP contribution < -0.4 is 5.32 Å². The molecular weight excluding hydrogens is 381 g/mol. The van der Waals surface area contributed by atoms with Crippen molar-refractivity contribution < 1.29 is 9.21 Å². The van der Waals surface area contributed by atoms with Crippen LogP contribution in [0.1, 0.15) is 11.5 Å². The first-order valence-electron chi connectivity index (χ1n) is 7.34. The molecule has 0 aliphatic carbocycles. The van der Waals surface area contributed by atoms with Crippen molar-refractivity contribution in [3.8, 4) is 0 Å². The van der Waals surface area contributed by atoms with Gasteiger partial charge in [-0.1, -0.05) is 59.2 Å². The highest BCUT2D eigenvalue weighted by Gasteiger charge is 2.11. The first kappa shape index (κ1) is 17.8. The van der Waals surface area contributed by atoms with Crippen LogP contribution in [-0.2, 0) is 11.2 Å². The molecule has 2 aromatic carbocycles. The van der Waals surface area contributed by atoms with Gasteiger partial charge in [0.05, 0.1) is 22.9 Å². The van der Waals surface area contributed by atoms with Gasteiger partial charge in [-0.2, -0.15) is 0 Å². The minimum Gasteiger partial charge on any atom is -0.416 e. The van der Waals surface area contributed by atoms with E-state index >= 15 is 0 Å². The number of benzene rings is 2. The number of nitrogens with zero attached hydrogens (tertiary/aromatic N) is 2. The normalized spacial score (nSPS) is 10.6. The molecule has 1 amide bonds. The van der Waals surface area contributed by atoms with Crippen LogP contribution in [0.4, 0.5) is 5.69 Å². The molecule has 3 rings (SSSR count). The zero-order valence-corrected chi connectivity index (χ0v) is 15.2. The van der Waals surface area contributed by atoms with Gasteiger partial charge in [0.15, 0.2) is 0 Å². The fraction of sp³-hybridized carbons (Fsp3) is 0.118. The van der Waals surface area contributed by atoms with E-state index < -0.39 is 0 Å². The van der Waals surface area contributed by atoms with E-state index in [9.17, 15) is 4.79 Å². The standard InChI is InChI=1S/C17H13Cl2N3O2S/c18-12-7-5-11(6-8-12)9-16-21-22-17(24-16)25-10-15(23)20-14-4-2-1-3-13(14)19/h1-8H,9-10H2,(H,20,23). The fourth-order valence-corrected chi connectivity index (χ4v) is 2.91. The van der Waals surface area contributed by atoms with E-state index in [1.807, 2.05) is 24.3 Å². The lowest BCUT2D eigenvalue weighted by molar-refractivity contribution is -0.113. The quantitative estimate of drug-likeness (QED) is 0.614. The van der Waals surface area contributed by atoms with E-state index in [0.717, 1.165) is 5.56 Å². The highest BCUT2D eigenvalue weighted by molar-refractivity contribution is 7.99. The van der Waals surface area contributed by atoms with Gasteiger partial charge in [-0.3, -0.25) is 4.79 Å². The number of carbonyl (C=O) groups excluding carboxylic acids is 1. The molecule has 0 saturated carbocycles. The summed E-state index contributed by atoms with van der Waals surface area (Å²) in [5, 5.41) is 12.2. The van der Waals surface area contributed by atoms with Crippen LogP contribution in [0.5, 0.6) is 0 Å². The van der Waals surface area contributed by atoms with Gasteiger partial charge < -0.3 is 9.73 Å². The van der Waals surface area contributed by atoms with E-state index in [2.05, 4.69) is 15.5 Å². The molecule has 1 aromatic heterocycles. The Morgan fingerprint density at radius 3 is 2.60 bits per heavy atom. The maximum absolute atomic E-state index is 12.0. The number of hydrogen-bond acceptors (Lipinski definition) is 5. The number of thioether (sulfide) groups is 1. The van der Waals surface area contributed by atoms with E-state index in [4.69, 9.17) is 27.6 Å². The number of nitrogens with one attached hydrogen (secondary N) is 1. The summed E-state index contributed by atoms with van der Waals surface area (Å²) in [6, 6.07) is 14.5. The Kier molecular flexibility index (Phi) is 5.96. The van der Waals surface area contributed by atoms with Crippen LogP contribution in [0.2, 0.25) is 10.0 Å². The zero-order valence-electron chi connectivity index (χ0n) is 12.9. The van der Waals surface area contributed by atoms with Gasteiger partial charge in [0.25, 0.3) is 5.22 Å². The SMILES string of the molecule is O=C(CSc1nnc(Cc2ccc(Cl)cc2)o1)Nc1ccccc1Cl. The summed E-state index contributed by atoms with van der Waals surface area (Å²) >= 11 is 13.0. The van der Waals surface area contributed by atoms with Crippen molar-refractivity contribution >= 4 is 46.6 Å². The Morgan fingerprint density at radius 1 is 1.08 bits per heavy atom. The van der Waals surface area contributed by atoms with Crippen LogP contribution in [0.3, 0.4) is 0 Å². The molecule has 3 aromatic rings. The largest absolute Gasteiger partial charge is 0.416 e. The Bertz CT molecular complexity index is 868. The lowest BCUT2D eigenvalue weighted by Gasteiger charge is -2.05. The zero-order chi connectivity index (χ0) is 17.6. The highest BCUT2D eigenvalue weighted by Crippen LogP contribution is 2.22. The monoisotopic (exact) mass is 393 g/mol. The summed E-state index contributed by atoms with van der Waals surface area (Å²) in [5.41, 5.74) is 1.59. The number of rotatable bonds is 6. The van der Waals surface area contributed by atoms with Crippen LogP contribution in [0, 0.1) is 0 Å². The predicted octanol–water partition coefficient (Wildman–Crippen LogP) is 4.70. The van der Waals surface area contributed by atoms with Gasteiger partial charge in [-0.05, 0) is 29.8 Å². The summed E-state index contributed by atoms with van der Waals surface area (Å²) < 4.78 is 5.54. The smallest absolute Gasteiger partial charge is 0.277 e. The van der Waals surface area contributed by atoms with E-state index in [0.29, 0.717) is 33.3 Å². The molecule has 1 heterocycles. The second-order valence-corrected chi connectivity index (χ2v) is 6.85. The summed E-state index contributed by atoms with van der Waals surface area (Å²) in [4.78, 5) is 12.0. The number of para-hydroxylation sites is 1. The Morgan fingerprint density at radius 2 is 1.84 bits per heavy atom. The Hall–Kier alpha value is -2.02. The molecule has 0 radical (unpaired) electrons. The predicted molar refractivity (Wildman–Crippen MR) is 99.4 cm³/mol. The molecule has 25 heavy (non-hydrogen) atoms. The Labute approximate surface area is 158 Å². The molecule has 0 aliphatic heterocycles. The molecule has 0 atom stereocenters. The number of anilines is 1.